The lowest BCUT2D eigenvalue weighted by atomic mass is 9.85. The van der Waals surface area contributed by atoms with Crippen LogP contribution in [0, 0.1) is 0 Å². The largest absolute Gasteiger partial charge is 0.331 e. The highest BCUT2D eigenvalue weighted by Crippen LogP contribution is 2.35. The Morgan fingerprint density at radius 2 is 1.63 bits per heavy atom. The van der Waals surface area contributed by atoms with Crippen LogP contribution in [0.3, 0.4) is 0 Å². The van der Waals surface area contributed by atoms with Crippen molar-refractivity contribution in [3.05, 3.63) is 88.7 Å². The van der Waals surface area contributed by atoms with Gasteiger partial charge in [-0.1, -0.05) is 60.7 Å². The van der Waals surface area contributed by atoms with E-state index in [0.717, 1.165) is 23.4 Å². The molecule has 0 unspecified atom stereocenters. The number of hydrogen-bond donors (Lipinski definition) is 1. The maximum Gasteiger partial charge on any atom is 0.319 e. The molecular formula is C22H24N4O. The van der Waals surface area contributed by atoms with E-state index < -0.39 is 0 Å². The molecule has 0 saturated carbocycles. The number of fused-ring (bicyclic) bond motifs is 1. The van der Waals surface area contributed by atoms with Crippen LogP contribution < -0.4 is 0 Å². The summed E-state index contributed by atoms with van der Waals surface area (Å²) in [7, 11) is 3.59. The van der Waals surface area contributed by atoms with Crippen LogP contribution in [0.1, 0.15) is 34.0 Å². The zero-order chi connectivity index (χ0) is 18.8. The highest BCUT2D eigenvalue weighted by Gasteiger charge is 2.30. The smallest absolute Gasteiger partial charge is 0.319 e. The van der Waals surface area contributed by atoms with Crippen molar-refractivity contribution in [3.8, 4) is 0 Å². The molecule has 0 spiro atoms. The van der Waals surface area contributed by atoms with Crippen molar-refractivity contribution in [2.24, 2.45) is 0 Å². The van der Waals surface area contributed by atoms with Crippen molar-refractivity contribution in [1.82, 2.24) is 20.0 Å². The van der Waals surface area contributed by atoms with Gasteiger partial charge in [0.15, 0.2) is 0 Å². The van der Waals surface area contributed by atoms with Crippen LogP contribution in [-0.4, -0.2) is 46.7 Å². The number of benzene rings is 2. The molecule has 0 bridgehead atoms. The predicted molar refractivity (Wildman–Crippen MR) is 106 cm³/mol. The molecule has 0 saturated heterocycles. The summed E-state index contributed by atoms with van der Waals surface area (Å²) >= 11 is 0. The standard InChI is InChI=1S/C22H24N4O/c1-25(2)22(27)26-14-13-19-18(15-26)21(24-23-19)20(16-9-5-3-6-10-16)17-11-7-4-8-12-17/h3-12,20H,13-15H2,1-2H3,(H,23,24). The summed E-state index contributed by atoms with van der Waals surface area (Å²) in [6.45, 7) is 1.31. The Morgan fingerprint density at radius 1 is 1.04 bits per heavy atom. The first kappa shape index (κ1) is 17.3. The van der Waals surface area contributed by atoms with Crippen LogP contribution in [0.2, 0.25) is 0 Å². The fourth-order valence-corrected chi connectivity index (χ4v) is 3.80. The van der Waals surface area contributed by atoms with Gasteiger partial charge < -0.3 is 9.80 Å². The summed E-state index contributed by atoms with van der Waals surface area (Å²) in [4.78, 5) is 16.0. The Kier molecular flexibility index (Phi) is 4.67. The zero-order valence-corrected chi connectivity index (χ0v) is 15.7. The number of H-pyrrole nitrogens is 1. The highest BCUT2D eigenvalue weighted by atomic mass is 16.2. The van der Waals surface area contributed by atoms with Gasteiger partial charge in [-0.3, -0.25) is 5.10 Å². The van der Waals surface area contributed by atoms with E-state index in [-0.39, 0.29) is 11.9 Å². The summed E-state index contributed by atoms with van der Waals surface area (Å²) in [5, 5.41) is 7.95. The number of nitrogens with zero attached hydrogens (tertiary/aromatic N) is 3. The second kappa shape index (κ2) is 7.27. The van der Waals surface area contributed by atoms with Crippen LogP contribution in [0.5, 0.6) is 0 Å². The number of hydrogen-bond acceptors (Lipinski definition) is 2. The van der Waals surface area contributed by atoms with Crippen LogP contribution in [0.4, 0.5) is 4.79 Å². The van der Waals surface area contributed by atoms with Gasteiger partial charge in [0.2, 0.25) is 0 Å². The van der Waals surface area contributed by atoms with E-state index >= 15 is 0 Å². The van der Waals surface area contributed by atoms with Gasteiger partial charge in [-0.2, -0.15) is 5.10 Å². The molecule has 0 radical (unpaired) electrons. The van der Waals surface area contributed by atoms with Crippen LogP contribution in [-0.2, 0) is 13.0 Å². The summed E-state index contributed by atoms with van der Waals surface area (Å²) in [6.07, 6.45) is 0.804. The molecule has 0 aliphatic carbocycles. The molecule has 3 aromatic rings. The third-order valence-corrected chi connectivity index (χ3v) is 5.16. The predicted octanol–water partition coefficient (Wildman–Crippen LogP) is 3.63. The molecule has 1 aliphatic rings. The molecule has 27 heavy (non-hydrogen) atoms. The van der Waals surface area contributed by atoms with Crippen molar-refractivity contribution in [1.29, 1.82) is 0 Å². The van der Waals surface area contributed by atoms with Crippen molar-refractivity contribution >= 4 is 6.03 Å². The zero-order valence-electron chi connectivity index (χ0n) is 15.7. The first-order chi connectivity index (χ1) is 13.1. The number of aromatic amines is 1. The van der Waals surface area contributed by atoms with Gasteiger partial charge in [0.25, 0.3) is 0 Å². The van der Waals surface area contributed by atoms with E-state index in [4.69, 9.17) is 5.10 Å². The van der Waals surface area contributed by atoms with Gasteiger partial charge in [0.1, 0.15) is 0 Å². The number of carbonyl (C=O) groups excluding carboxylic acids is 1. The monoisotopic (exact) mass is 360 g/mol. The Labute approximate surface area is 159 Å². The van der Waals surface area contributed by atoms with Crippen molar-refractivity contribution < 1.29 is 4.79 Å². The fourth-order valence-electron chi connectivity index (χ4n) is 3.80. The highest BCUT2D eigenvalue weighted by molar-refractivity contribution is 5.74. The Balaban J connectivity index is 1.77. The number of amides is 2. The van der Waals surface area contributed by atoms with Crippen molar-refractivity contribution in [2.45, 2.75) is 18.9 Å². The number of urea groups is 1. The van der Waals surface area contributed by atoms with E-state index in [9.17, 15) is 4.79 Å². The van der Waals surface area contributed by atoms with Crippen LogP contribution >= 0.6 is 0 Å². The topological polar surface area (TPSA) is 52.2 Å². The number of rotatable bonds is 3. The molecule has 5 heteroatoms. The molecule has 5 nitrogen and oxygen atoms in total. The molecule has 2 heterocycles. The number of carbonyl (C=O) groups is 1. The van der Waals surface area contributed by atoms with Gasteiger partial charge in [0.05, 0.1) is 18.2 Å². The summed E-state index contributed by atoms with van der Waals surface area (Å²) in [5.41, 5.74) is 5.71. The van der Waals surface area contributed by atoms with E-state index in [0.29, 0.717) is 13.1 Å². The minimum atomic E-state index is 0.0433. The van der Waals surface area contributed by atoms with Crippen molar-refractivity contribution in [3.63, 3.8) is 0 Å². The third kappa shape index (κ3) is 3.33. The lowest BCUT2D eigenvalue weighted by Gasteiger charge is -2.30. The molecule has 1 N–H and O–H groups in total. The Hall–Kier alpha value is -3.08. The van der Waals surface area contributed by atoms with Gasteiger partial charge in [-0.15, -0.1) is 0 Å². The average Bonchev–Trinajstić information content (AvgIpc) is 3.12. The summed E-state index contributed by atoms with van der Waals surface area (Å²) in [5.74, 6) is 0.0433. The maximum atomic E-state index is 12.5. The minimum absolute atomic E-state index is 0.0433. The first-order valence-electron chi connectivity index (χ1n) is 9.27. The average molecular weight is 360 g/mol. The molecule has 138 valence electrons. The molecule has 2 aromatic carbocycles. The normalized spacial score (nSPS) is 13.5. The minimum Gasteiger partial charge on any atom is -0.331 e. The van der Waals surface area contributed by atoms with Gasteiger partial charge in [-0.25, -0.2) is 4.79 Å². The second-order valence-electron chi connectivity index (χ2n) is 7.17. The third-order valence-electron chi connectivity index (χ3n) is 5.16. The van der Waals surface area contributed by atoms with Gasteiger partial charge >= 0.3 is 6.03 Å². The molecule has 2 amide bonds. The first-order valence-corrected chi connectivity index (χ1v) is 9.27. The molecule has 1 aromatic heterocycles. The van der Waals surface area contributed by atoms with E-state index in [2.05, 4.69) is 53.6 Å². The Bertz CT molecular complexity index is 879. The molecular weight excluding hydrogens is 336 g/mol. The second-order valence-corrected chi connectivity index (χ2v) is 7.17. The lowest BCUT2D eigenvalue weighted by Crippen LogP contribution is -2.42. The molecule has 1 aliphatic heterocycles. The fraction of sp³-hybridized carbons (Fsp3) is 0.273. The Morgan fingerprint density at radius 3 is 2.19 bits per heavy atom. The molecule has 0 atom stereocenters. The summed E-state index contributed by atoms with van der Waals surface area (Å²) < 4.78 is 0. The number of aromatic nitrogens is 2. The molecule has 0 fully saturated rings. The lowest BCUT2D eigenvalue weighted by molar-refractivity contribution is 0.165. The van der Waals surface area contributed by atoms with E-state index in [1.54, 1.807) is 19.0 Å². The van der Waals surface area contributed by atoms with Gasteiger partial charge in [-0.05, 0) is 11.1 Å². The van der Waals surface area contributed by atoms with Crippen molar-refractivity contribution in [2.75, 3.05) is 20.6 Å². The van der Waals surface area contributed by atoms with E-state index in [1.807, 2.05) is 17.0 Å². The van der Waals surface area contributed by atoms with E-state index in [1.165, 1.54) is 11.1 Å². The van der Waals surface area contributed by atoms with Crippen LogP contribution in [0.15, 0.2) is 60.7 Å². The number of nitrogens with one attached hydrogen (secondary N) is 1. The SMILES string of the molecule is CN(C)C(=O)N1CCc2[nH]nc(C(c3ccccc3)c3ccccc3)c2C1. The van der Waals surface area contributed by atoms with Gasteiger partial charge in [0, 0.05) is 38.3 Å². The summed E-state index contributed by atoms with van der Waals surface area (Å²) in [6, 6.07) is 20.9. The maximum absolute atomic E-state index is 12.5. The quantitative estimate of drug-likeness (QED) is 0.775. The molecule has 4 rings (SSSR count). The van der Waals surface area contributed by atoms with Crippen LogP contribution in [0.25, 0.3) is 0 Å².